The molecule has 0 saturated heterocycles. The molecule has 0 aliphatic heterocycles. The number of hydrogen-bond acceptors (Lipinski definition) is 5. The third-order valence-corrected chi connectivity index (χ3v) is 5.85. The average molecular weight is 452 g/mol. The molecule has 0 atom stereocenters. The predicted molar refractivity (Wildman–Crippen MR) is 125 cm³/mol. The van der Waals surface area contributed by atoms with Crippen molar-refractivity contribution in [3.05, 3.63) is 71.9 Å². The zero-order valence-electron chi connectivity index (χ0n) is 18.7. The minimum Gasteiger partial charge on any atom is -0.362 e. The summed E-state index contributed by atoms with van der Waals surface area (Å²) >= 11 is 0. The van der Waals surface area contributed by atoms with Gasteiger partial charge in [-0.15, -0.1) is 0 Å². The number of carbonyl (C=O) groups excluding carboxylic acids is 1. The molecule has 172 valence electrons. The van der Waals surface area contributed by atoms with E-state index in [1.54, 1.807) is 0 Å². The molecule has 1 amide bonds. The topological polar surface area (TPSA) is 70.2 Å². The van der Waals surface area contributed by atoms with Crippen molar-refractivity contribution in [3.63, 3.8) is 0 Å². The van der Waals surface area contributed by atoms with Crippen LogP contribution in [-0.2, 0) is 0 Å². The standard InChI is InChI=1S/C25H27F2N5O/c1-32(2)23-20(16-6-4-3-5-7-16)15-28-25(31-23)30-19-11-9-18(10-12-19)29-24(33)17-8-13-21(26)22(27)14-17/h3-8,13-15,18-19H,9-12H2,1-2H3,(H,29,33)(H,28,30,31). The molecule has 1 saturated carbocycles. The first-order valence-corrected chi connectivity index (χ1v) is 11.0. The summed E-state index contributed by atoms with van der Waals surface area (Å²) in [6.45, 7) is 0. The van der Waals surface area contributed by atoms with Crippen LogP contribution in [0.3, 0.4) is 0 Å². The smallest absolute Gasteiger partial charge is 0.251 e. The van der Waals surface area contributed by atoms with E-state index >= 15 is 0 Å². The summed E-state index contributed by atoms with van der Waals surface area (Å²) in [5.41, 5.74) is 2.15. The first-order valence-electron chi connectivity index (χ1n) is 11.0. The van der Waals surface area contributed by atoms with E-state index in [1.165, 1.54) is 6.07 Å². The van der Waals surface area contributed by atoms with Gasteiger partial charge in [0.15, 0.2) is 11.6 Å². The number of nitrogens with one attached hydrogen (secondary N) is 2. The van der Waals surface area contributed by atoms with E-state index in [9.17, 15) is 13.6 Å². The van der Waals surface area contributed by atoms with E-state index < -0.39 is 11.6 Å². The second-order valence-electron chi connectivity index (χ2n) is 8.49. The van der Waals surface area contributed by atoms with Gasteiger partial charge in [0.25, 0.3) is 5.91 Å². The summed E-state index contributed by atoms with van der Waals surface area (Å²) in [7, 11) is 3.92. The number of hydrogen-bond donors (Lipinski definition) is 2. The fraction of sp³-hybridized carbons (Fsp3) is 0.320. The maximum atomic E-state index is 13.4. The zero-order chi connectivity index (χ0) is 23.4. The van der Waals surface area contributed by atoms with Gasteiger partial charge in [0.2, 0.25) is 5.95 Å². The Balaban J connectivity index is 1.35. The van der Waals surface area contributed by atoms with E-state index in [0.717, 1.165) is 54.8 Å². The number of benzene rings is 2. The van der Waals surface area contributed by atoms with Crippen molar-refractivity contribution in [3.8, 4) is 11.1 Å². The van der Waals surface area contributed by atoms with Crippen molar-refractivity contribution < 1.29 is 13.6 Å². The number of carbonyl (C=O) groups is 1. The normalized spacial score (nSPS) is 17.9. The lowest BCUT2D eigenvalue weighted by molar-refractivity contribution is 0.0926. The van der Waals surface area contributed by atoms with Gasteiger partial charge in [0.05, 0.1) is 0 Å². The number of amides is 1. The largest absolute Gasteiger partial charge is 0.362 e. The van der Waals surface area contributed by atoms with Crippen molar-refractivity contribution in [2.24, 2.45) is 0 Å². The molecule has 0 spiro atoms. The van der Waals surface area contributed by atoms with Gasteiger partial charge in [-0.05, 0) is 49.4 Å². The van der Waals surface area contributed by atoms with Crippen molar-refractivity contribution >= 4 is 17.7 Å². The van der Waals surface area contributed by atoms with Crippen LogP contribution in [0.5, 0.6) is 0 Å². The van der Waals surface area contributed by atoms with Gasteiger partial charge in [-0.25, -0.2) is 13.8 Å². The molecule has 1 aliphatic rings. The molecule has 0 radical (unpaired) electrons. The molecule has 1 heterocycles. The lowest BCUT2D eigenvalue weighted by Crippen LogP contribution is -2.40. The van der Waals surface area contributed by atoms with Gasteiger partial charge < -0.3 is 15.5 Å². The van der Waals surface area contributed by atoms with Crippen LogP contribution in [0.1, 0.15) is 36.0 Å². The Morgan fingerprint density at radius 1 is 0.970 bits per heavy atom. The highest BCUT2D eigenvalue weighted by molar-refractivity contribution is 5.94. The number of nitrogens with zero attached hydrogens (tertiary/aromatic N) is 3. The minimum absolute atomic E-state index is 0.0117. The highest BCUT2D eigenvalue weighted by Gasteiger charge is 2.24. The van der Waals surface area contributed by atoms with Crippen molar-refractivity contribution in [1.82, 2.24) is 15.3 Å². The second-order valence-corrected chi connectivity index (χ2v) is 8.49. The van der Waals surface area contributed by atoms with Gasteiger partial charge in [0.1, 0.15) is 5.82 Å². The third-order valence-electron chi connectivity index (χ3n) is 5.85. The molecule has 8 heteroatoms. The Morgan fingerprint density at radius 2 is 1.67 bits per heavy atom. The van der Waals surface area contributed by atoms with E-state index in [4.69, 9.17) is 4.98 Å². The van der Waals surface area contributed by atoms with Crippen molar-refractivity contribution in [2.75, 3.05) is 24.3 Å². The molecule has 0 unspecified atom stereocenters. The van der Waals surface area contributed by atoms with Gasteiger partial charge in [-0.2, -0.15) is 4.98 Å². The van der Waals surface area contributed by atoms with Crippen molar-refractivity contribution in [2.45, 2.75) is 37.8 Å². The quantitative estimate of drug-likeness (QED) is 0.571. The van der Waals surface area contributed by atoms with Crippen LogP contribution in [0.4, 0.5) is 20.5 Å². The maximum Gasteiger partial charge on any atom is 0.251 e. The number of aromatic nitrogens is 2. The molecule has 1 aromatic heterocycles. The summed E-state index contributed by atoms with van der Waals surface area (Å²) in [6.07, 6.45) is 5.06. The van der Waals surface area contributed by atoms with Gasteiger partial charge in [-0.3, -0.25) is 4.79 Å². The number of anilines is 2. The van der Waals surface area contributed by atoms with E-state index in [-0.39, 0.29) is 23.6 Å². The van der Waals surface area contributed by atoms with Crippen LogP contribution in [0.2, 0.25) is 0 Å². The number of halogens is 2. The summed E-state index contributed by atoms with van der Waals surface area (Å²) in [6, 6.07) is 13.4. The summed E-state index contributed by atoms with van der Waals surface area (Å²) in [5, 5.41) is 6.34. The Morgan fingerprint density at radius 3 is 2.33 bits per heavy atom. The predicted octanol–water partition coefficient (Wildman–Crippen LogP) is 4.64. The summed E-state index contributed by atoms with van der Waals surface area (Å²) in [5.74, 6) is -0.958. The van der Waals surface area contributed by atoms with Crippen molar-refractivity contribution in [1.29, 1.82) is 0 Å². The highest BCUT2D eigenvalue weighted by atomic mass is 19.2. The lowest BCUT2D eigenvalue weighted by Gasteiger charge is -2.30. The summed E-state index contributed by atoms with van der Waals surface area (Å²) < 4.78 is 26.5. The molecule has 2 aromatic carbocycles. The van der Waals surface area contributed by atoms with Crippen LogP contribution in [-0.4, -0.2) is 42.1 Å². The van der Waals surface area contributed by atoms with Crippen LogP contribution >= 0.6 is 0 Å². The molecule has 1 fully saturated rings. The highest BCUT2D eigenvalue weighted by Crippen LogP contribution is 2.29. The summed E-state index contributed by atoms with van der Waals surface area (Å²) in [4.78, 5) is 23.6. The molecule has 1 aliphatic carbocycles. The minimum atomic E-state index is -1.02. The lowest BCUT2D eigenvalue weighted by atomic mass is 9.91. The molecule has 2 N–H and O–H groups in total. The van der Waals surface area contributed by atoms with Gasteiger partial charge in [0, 0.05) is 43.5 Å². The fourth-order valence-corrected chi connectivity index (χ4v) is 4.08. The van der Waals surface area contributed by atoms with Gasteiger partial charge in [-0.1, -0.05) is 30.3 Å². The first kappa shape index (κ1) is 22.6. The molecule has 4 rings (SSSR count). The van der Waals surface area contributed by atoms with Gasteiger partial charge >= 0.3 is 0 Å². The molecular formula is C25H27F2N5O. The van der Waals surface area contributed by atoms with Crippen LogP contribution in [0.15, 0.2) is 54.7 Å². The average Bonchev–Trinajstić information content (AvgIpc) is 2.82. The Labute approximate surface area is 192 Å². The van der Waals surface area contributed by atoms with E-state index in [1.807, 2.05) is 55.5 Å². The van der Waals surface area contributed by atoms with Crippen LogP contribution < -0.4 is 15.5 Å². The number of rotatable bonds is 6. The zero-order valence-corrected chi connectivity index (χ0v) is 18.7. The monoisotopic (exact) mass is 451 g/mol. The fourth-order valence-electron chi connectivity index (χ4n) is 4.08. The van der Waals surface area contributed by atoms with Crippen LogP contribution in [0.25, 0.3) is 11.1 Å². The molecule has 3 aromatic rings. The SMILES string of the molecule is CN(C)c1nc(NC2CCC(NC(=O)c3ccc(F)c(F)c3)CC2)ncc1-c1ccccc1. The van der Waals surface area contributed by atoms with Crippen LogP contribution in [0, 0.1) is 11.6 Å². The maximum absolute atomic E-state index is 13.4. The first-order chi connectivity index (χ1) is 15.9. The molecular weight excluding hydrogens is 424 g/mol. The Bertz CT molecular complexity index is 1120. The molecule has 6 nitrogen and oxygen atoms in total. The molecule has 33 heavy (non-hydrogen) atoms. The third kappa shape index (κ3) is 5.45. The second kappa shape index (κ2) is 9.94. The molecule has 0 bridgehead atoms. The Hall–Kier alpha value is -3.55. The van der Waals surface area contributed by atoms with E-state index in [2.05, 4.69) is 15.6 Å². The Kier molecular flexibility index (Phi) is 6.82. The van der Waals surface area contributed by atoms with E-state index in [0.29, 0.717) is 5.95 Å².